The van der Waals surface area contributed by atoms with Crippen molar-refractivity contribution in [2.24, 2.45) is 17.8 Å². The van der Waals surface area contributed by atoms with Gasteiger partial charge in [-0.25, -0.2) is 0 Å². The van der Waals surface area contributed by atoms with E-state index in [-0.39, 0.29) is 0 Å². The van der Waals surface area contributed by atoms with E-state index < -0.39 is 0 Å². The third-order valence-electron chi connectivity index (χ3n) is 6.77. The second-order valence-corrected chi connectivity index (χ2v) is 9.59. The summed E-state index contributed by atoms with van der Waals surface area (Å²) in [5.74, 6) is 2.84. The van der Waals surface area contributed by atoms with Crippen molar-refractivity contribution in [3.63, 3.8) is 0 Å². The summed E-state index contributed by atoms with van der Waals surface area (Å²) in [6.07, 6.45) is 9.68. The number of benzene rings is 1. The van der Waals surface area contributed by atoms with E-state index in [1.807, 2.05) is 0 Å². The lowest BCUT2D eigenvalue weighted by Gasteiger charge is -2.32. The summed E-state index contributed by atoms with van der Waals surface area (Å²) in [6, 6.07) is 4.64. The summed E-state index contributed by atoms with van der Waals surface area (Å²) in [5.41, 5.74) is 5.87. The zero-order valence-corrected chi connectivity index (χ0v) is 20.4. The maximum absolute atomic E-state index is 2.64. The molecule has 0 N–H and O–H groups in total. The maximum Gasteiger partial charge on any atom is 0.0238 e. The van der Waals surface area contributed by atoms with Crippen molar-refractivity contribution in [3.05, 3.63) is 34.4 Å². The number of nitrogens with zero attached hydrogens (tertiary/aromatic N) is 1. The monoisotopic (exact) mass is 387 g/mol. The molecule has 1 aliphatic rings. The molecule has 0 saturated carbocycles. The molecule has 1 aliphatic heterocycles. The highest BCUT2D eigenvalue weighted by Crippen LogP contribution is 2.24. The molecule has 162 valence electrons. The highest BCUT2D eigenvalue weighted by Gasteiger charge is 2.18. The topological polar surface area (TPSA) is 3.24 Å². The average Bonchev–Trinajstić information content (AvgIpc) is 2.65. The second-order valence-electron chi connectivity index (χ2n) is 9.59. The van der Waals surface area contributed by atoms with Crippen LogP contribution in [0.4, 0.5) is 0 Å². The van der Waals surface area contributed by atoms with Gasteiger partial charge in [0.1, 0.15) is 0 Å². The van der Waals surface area contributed by atoms with E-state index in [9.17, 15) is 0 Å². The lowest BCUT2D eigenvalue weighted by molar-refractivity contribution is 0.174. The van der Waals surface area contributed by atoms with Crippen LogP contribution in [0.25, 0.3) is 0 Å². The van der Waals surface area contributed by atoms with Crippen molar-refractivity contribution in [2.45, 2.75) is 107 Å². The Morgan fingerprint density at radius 1 is 0.893 bits per heavy atom. The summed E-state index contributed by atoms with van der Waals surface area (Å²) < 4.78 is 0. The Bertz CT molecular complexity index is 508. The number of aryl methyl sites for hydroxylation is 3. The molecule has 0 bridgehead atoms. The predicted molar refractivity (Wildman–Crippen MR) is 127 cm³/mol. The van der Waals surface area contributed by atoms with Gasteiger partial charge in [-0.05, 0) is 81.1 Å². The standard InChI is InChI=1S/C17H27N.C10H22/c1-5-16-6-8-18(9-7-16)12-17-14(3)10-13(2)11-15(17)4;1-5-7-10(8-6-2)9(3)4/h10-11,16H,5-9,12H2,1-4H3;9-10H,5-8H2,1-4H3. The molecule has 1 saturated heterocycles. The highest BCUT2D eigenvalue weighted by atomic mass is 15.1. The molecule has 1 heteroatoms. The Balaban J connectivity index is 0.000000336. The molecule has 28 heavy (non-hydrogen) atoms. The van der Waals surface area contributed by atoms with Gasteiger partial charge in [0.2, 0.25) is 0 Å². The average molecular weight is 388 g/mol. The van der Waals surface area contributed by atoms with Crippen LogP contribution in [0.5, 0.6) is 0 Å². The molecule has 0 aliphatic carbocycles. The first-order chi connectivity index (χ1) is 13.3. The van der Waals surface area contributed by atoms with E-state index in [0.29, 0.717) is 0 Å². The zero-order chi connectivity index (χ0) is 21.1. The van der Waals surface area contributed by atoms with Crippen LogP contribution in [-0.4, -0.2) is 18.0 Å². The normalized spacial score (nSPS) is 15.8. The Morgan fingerprint density at radius 2 is 1.39 bits per heavy atom. The number of hydrogen-bond donors (Lipinski definition) is 0. The highest BCUT2D eigenvalue weighted by molar-refractivity contribution is 5.37. The lowest BCUT2D eigenvalue weighted by atomic mass is 9.88. The smallest absolute Gasteiger partial charge is 0.0238 e. The third-order valence-corrected chi connectivity index (χ3v) is 6.77. The van der Waals surface area contributed by atoms with Crippen molar-refractivity contribution < 1.29 is 0 Å². The summed E-state index contributed by atoms with van der Waals surface area (Å²) >= 11 is 0. The van der Waals surface area contributed by atoms with E-state index in [0.717, 1.165) is 24.3 Å². The Hall–Kier alpha value is -0.820. The quantitative estimate of drug-likeness (QED) is 0.435. The molecule has 0 amide bonds. The fourth-order valence-electron chi connectivity index (χ4n) is 4.79. The van der Waals surface area contributed by atoms with Crippen molar-refractivity contribution in [3.8, 4) is 0 Å². The van der Waals surface area contributed by atoms with Crippen molar-refractivity contribution in [1.82, 2.24) is 4.90 Å². The van der Waals surface area contributed by atoms with Gasteiger partial charge in [-0.1, -0.05) is 84.4 Å². The molecular weight excluding hydrogens is 338 g/mol. The minimum absolute atomic E-state index is 0.889. The maximum atomic E-state index is 2.64. The van der Waals surface area contributed by atoms with Crippen LogP contribution >= 0.6 is 0 Å². The lowest BCUT2D eigenvalue weighted by Crippen LogP contribution is -2.33. The summed E-state index contributed by atoms with van der Waals surface area (Å²) in [4.78, 5) is 2.64. The third kappa shape index (κ3) is 8.68. The molecule has 0 spiro atoms. The van der Waals surface area contributed by atoms with Gasteiger partial charge >= 0.3 is 0 Å². The Morgan fingerprint density at radius 3 is 1.79 bits per heavy atom. The van der Waals surface area contributed by atoms with E-state index in [1.165, 1.54) is 74.7 Å². The predicted octanol–water partition coefficient (Wildman–Crippen LogP) is 8.09. The number of rotatable bonds is 8. The fourth-order valence-corrected chi connectivity index (χ4v) is 4.79. The molecule has 1 heterocycles. The number of hydrogen-bond acceptors (Lipinski definition) is 1. The fraction of sp³-hybridized carbons (Fsp3) is 0.778. The molecule has 1 aromatic rings. The van der Waals surface area contributed by atoms with Crippen molar-refractivity contribution >= 4 is 0 Å². The molecule has 2 rings (SSSR count). The first-order valence-electron chi connectivity index (χ1n) is 12.1. The minimum atomic E-state index is 0.889. The van der Waals surface area contributed by atoms with Gasteiger partial charge in [0, 0.05) is 6.54 Å². The largest absolute Gasteiger partial charge is 0.299 e. The molecular formula is C27H49N. The number of piperidine rings is 1. The second kappa shape index (κ2) is 13.4. The van der Waals surface area contributed by atoms with Gasteiger partial charge in [0.15, 0.2) is 0 Å². The van der Waals surface area contributed by atoms with E-state index in [4.69, 9.17) is 0 Å². The SMILES string of the molecule is CCC1CCN(Cc2c(C)cc(C)cc2C)CC1.CCCC(CCC)C(C)C. The first-order valence-corrected chi connectivity index (χ1v) is 12.1. The first kappa shape index (κ1) is 25.2. The van der Waals surface area contributed by atoms with Gasteiger partial charge < -0.3 is 0 Å². The van der Waals surface area contributed by atoms with Crippen molar-refractivity contribution in [2.75, 3.05) is 13.1 Å². The molecule has 1 aromatic carbocycles. The minimum Gasteiger partial charge on any atom is -0.299 e. The van der Waals surface area contributed by atoms with Crippen LogP contribution in [0, 0.1) is 38.5 Å². The van der Waals surface area contributed by atoms with Crippen LogP contribution in [0.15, 0.2) is 12.1 Å². The van der Waals surface area contributed by atoms with Gasteiger partial charge in [-0.2, -0.15) is 0 Å². The summed E-state index contributed by atoms with van der Waals surface area (Å²) in [7, 11) is 0. The van der Waals surface area contributed by atoms with Crippen LogP contribution in [0.3, 0.4) is 0 Å². The molecule has 0 atom stereocenters. The van der Waals surface area contributed by atoms with Crippen LogP contribution in [0.1, 0.15) is 102 Å². The van der Waals surface area contributed by atoms with Crippen LogP contribution in [0.2, 0.25) is 0 Å². The summed E-state index contributed by atoms with van der Waals surface area (Å²) in [6.45, 7) is 22.0. The number of likely N-dealkylation sites (tertiary alicyclic amines) is 1. The molecule has 0 unspecified atom stereocenters. The summed E-state index contributed by atoms with van der Waals surface area (Å²) in [5, 5.41) is 0. The Labute approximate surface area is 177 Å². The Kier molecular flexibility index (Phi) is 12.1. The van der Waals surface area contributed by atoms with Crippen LogP contribution in [-0.2, 0) is 6.54 Å². The molecule has 1 nitrogen and oxygen atoms in total. The van der Waals surface area contributed by atoms with Crippen molar-refractivity contribution in [1.29, 1.82) is 0 Å². The zero-order valence-electron chi connectivity index (χ0n) is 20.4. The molecule has 0 aromatic heterocycles. The van der Waals surface area contributed by atoms with E-state index in [1.54, 1.807) is 5.56 Å². The van der Waals surface area contributed by atoms with Gasteiger partial charge in [-0.3, -0.25) is 4.90 Å². The van der Waals surface area contributed by atoms with E-state index >= 15 is 0 Å². The van der Waals surface area contributed by atoms with Crippen LogP contribution < -0.4 is 0 Å². The molecule has 0 radical (unpaired) electrons. The van der Waals surface area contributed by atoms with Gasteiger partial charge in [0.25, 0.3) is 0 Å². The van der Waals surface area contributed by atoms with E-state index in [2.05, 4.69) is 72.4 Å². The molecule has 1 fully saturated rings. The van der Waals surface area contributed by atoms with Gasteiger partial charge in [-0.15, -0.1) is 0 Å². The van der Waals surface area contributed by atoms with Gasteiger partial charge in [0.05, 0.1) is 0 Å².